The van der Waals surface area contributed by atoms with Crippen LogP contribution in [-0.2, 0) is 9.53 Å². The van der Waals surface area contributed by atoms with Gasteiger partial charge in [-0.15, -0.1) is 0 Å². The van der Waals surface area contributed by atoms with Crippen molar-refractivity contribution >= 4 is 5.97 Å². The summed E-state index contributed by atoms with van der Waals surface area (Å²) in [6.45, 7) is 5.79. The van der Waals surface area contributed by atoms with Crippen LogP contribution in [0.1, 0.15) is 33.6 Å². The van der Waals surface area contributed by atoms with Crippen molar-refractivity contribution in [1.29, 1.82) is 0 Å². The summed E-state index contributed by atoms with van der Waals surface area (Å²) in [5.74, 6) is -0.146. The molecule has 1 aliphatic rings. The van der Waals surface area contributed by atoms with Gasteiger partial charge in [0.1, 0.15) is 6.10 Å². The van der Waals surface area contributed by atoms with Crippen molar-refractivity contribution in [3.8, 4) is 0 Å². The fourth-order valence-electron chi connectivity index (χ4n) is 1.64. The molecule has 1 N–H and O–H groups in total. The molecule has 0 unspecified atom stereocenters. The number of carbonyl (C=O) groups excluding carboxylic acids is 1. The minimum Gasteiger partial charge on any atom is -0.462 e. The van der Waals surface area contributed by atoms with Crippen molar-refractivity contribution in [1.82, 2.24) is 0 Å². The number of hydrogen-bond acceptors (Lipinski definition) is 3. The predicted octanol–water partition coefficient (Wildman–Crippen LogP) is 1.34. The highest BCUT2D eigenvalue weighted by molar-refractivity contribution is 5.75. The maximum absolute atomic E-state index is 11.3. The standard InChI is InChI=1S/C10H18O3/c1-4-6(2)9-5-8(7(3)11)10(12)13-9/h6-9,11H,4-5H2,1-3H3/t6-,7-,8-,9-/m0/s1. The number of hydrogen-bond donors (Lipinski definition) is 1. The quantitative estimate of drug-likeness (QED) is 0.677. The number of cyclic esters (lactones) is 1. The molecule has 1 rings (SSSR count). The summed E-state index contributed by atoms with van der Waals surface area (Å²) < 4.78 is 5.19. The van der Waals surface area contributed by atoms with Gasteiger partial charge < -0.3 is 9.84 Å². The van der Waals surface area contributed by atoms with E-state index in [9.17, 15) is 9.90 Å². The Bertz CT molecular complexity index is 189. The van der Waals surface area contributed by atoms with E-state index in [1.807, 2.05) is 0 Å². The van der Waals surface area contributed by atoms with E-state index in [2.05, 4.69) is 13.8 Å². The maximum atomic E-state index is 11.3. The zero-order valence-corrected chi connectivity index (χ0v) is 8.49. The first-order valence-corrected chi connectivity index (χ1v) is 4.94. The van der Waals surface area contributed by atoms with E-state index in [0.717, 1.165) is 6.42 Å². The molecule has 1 saturated heterocycles. The molecule has 1 fully saturated rings. The van der Waals surface area contributed by atoms with E-state index in [4.69, 9.17) is 4.74 Å². The lowest BCUT2D eigenvalue weighted by molar-refractivity contribution is -0.147. The minimum absolute atomic E-state index is 0.0112. The lowest BCUT2D eigenvalue weighted by Crippen LogP contribution is -2.21. The molecule has 76 valence electrons. The molecule has 0 amide bonds. The van der Waals surface area contributed by atoms with Crippen LogP contribution >= 0.6 is 0 Å². The third-order valence-corrected chi connectivity index (χ3v) is 2.92. The molecule has 4 atom stereocenters. The summed E-state index contributed by atoms with van der Waals surface area (Å²) >= 11 is 0. The van der Waals surface area contributed by atoms with Gasteiger partial charge in [-0.2, -0.15) is 0 Å². The smallest absolute Gasteiger partial charge is 0.311 e. The molecule has 0 radical (unpaired) electrons. The van der Waals surface area contributed by atoms with Gasteiger partial charge in [-0.1, -0.05) is 20.3 Å². The monoisotopic (exact) mass is 186 g/mol. The highest BCUT2D eigenvalue weighted by Crippen LogP contribution is 2.29. The summed E-state index contributed by atoms with van der Waals surface area (Å²) in [6, 6.07) is 0. The summed E-state index contributed by atoms with van der Waals surface area (Å²) in [5.41, 5.74) is 0. The van der Waals surface area contributed by atoms with Crippen LogP contribution in [0.3, 0.4) is 0 Å². The first-order chi connectivity index (χ1) is 6.06. The second-order valence-electron chi connectivity index (χ2n) is 3.94. The molecule has 0 aliphatic carbocycles. The van der Waals surface area contributed by atoms with Gasteiger partial charge in [-0.05, 0) is 12.8 Å². The number of rotatable bonds is 3. The Balaban J connectivity index is 2.55. The van der Waals surface area contributed by atoms with Gasteiger partial charge in [0.15, 0.2) is 0 Å². The third kappa shape index (κ3) is 2.21. The maximum Gasteiger partial charge on any atom is 0.311 e. The van der Waals surface area contributed by atoms with Crippen molar-refractivity contribution in [2.24, 2.45) is 11.8 Å². The third-order valence-electron chi connectivity index (χ3n) is 2.92. The fourth-order valence-corrected chi connectivity index (χ4v) is 1.64. The van der Waals surface area contributed by atoms with Crippen LogP contribution in [-0.4, -0.2) is 23.3 Å². The van der Waals surface area contributed by atoms with Crippen LogP contribution in [0.4, 0.5) is 0 Å². The number of esters is 1. The molecule has 3 heteroatoms. The zero-order valence-electron chi connectivity index (χ0n) is 8.49. The van der Waals surface area contributed by atoms with E-state index in [-0.39, 0.29) is 18.0 Å². The fraction of sp³-hybridized carbons (Fsp3) is 0.900. The highest BCUT2D eigenvalue weighted by atomic mass is 16.6. The lowest BCUT2D eigenvalue weighted by Gasteiger charge is -2.15. The predicted molar refractivity (Wildman–Crippen MR) is 49.1 cm³/mol. The first-order valence-electron chi connectivity index (χ1n) is 4.94. The van der Waals surface area contributed by atoms with Gasteiger partial charge in [0.05, 0.1) is 12.0 Å². The van der Waals surface area contributed by atoms with Gasteiger partial charge in [-0.3, -0.25) is 4.79 Å². The van der Waals surface area contributed by atoms with E-state index >= 15 is 0 Å². The van der Waals surface area contributed by atoms with Gasteiger partial charge in [0, 0.05) is 6.42 Å². The first kappa shape index (κ1) is 10.5. The van der Waals surface area contributed by atoms with Gasteiger partial charge in [-0.25, -0.2) is 0 Å². The summed E-state index contributed by atoms with van der Waals surface area (Å²) in [6.07, 6.45) is 1.11. The summed E-state index contributed by atoms with van der Waals surface area (Å²) in [7, 11) is 0. The van der Waals surface area contributed by atoms with Crippen molar-refractivity contribution in [2.45, 2.75) is 45.8 Å². The normalized spacial score (nSPS) is 32.8. The highest BCUT2D eigenvalue weighted by Gasteiger charge is 2.39. The number of carbonyl (C=O) groups is 1. The number of ether oxygens (including phenoxy) is 1. The minimum atomic E-state index is -0.582. The van der Waals surface area contributed by atoms with Crippen LogP contribution in [0.5, 0.6) is 0 Å². The second-order valence-corrected chi connectivity index (χ2v) is 3.94. The largest absolute Gasteiger partial charge is 0.462 e. The average Bonchev–Trinajstić information content (AvgIpc) is 2.46. The van der Waals surface area contributed by atoms with Crippen molar-refractivity contribution < 1.29 is 14.6 Å². The van der Waals surface area contributed by atoms with Crippen molar-refractivity contribution in [3.05, 3.63) is 0 Å². The van der Waals surface area contributed by atoms with Crippen LogP contribution < -0.4 is 0 Å². The molecule has 0 saturated carbocycles. The molecule has 3 nitrogen and oxygen atoms in total. The molecule has 0 aromatic carbocycles. The van der Waals surface area contributed by atoms with E-state index in [0.29, 0.717) is 12.3 Å². The van der Waals surface area contributed by atoms with Crippen LogP contribution in [0.15, 0.2) is 0 Å². The van der Waals surface area contributed by atoms with Gasteiger partial charge in [0.2, 0.25) is 0 Å². The van der Waals surface area contributed by atoms with E-state index in [1.165, 1.54) is 0 Å². The van der Waals surface area contributed by atoms with E-state index < -0.39 is 6.10 Å². The second kappa shape index (κ2) is 4.09. The Labute approximate surface area is 79.1 Å². The molecule has 0 aromatic heterocycles. The lowest BCUT2D eigenvalue weighted by atomic mass is 9.93. The van der Waals surface area contributed by atoms with Crippen LogP contribution in [0.25, 0.3) is 0 Å². The zero-order chi connectivity index (χ0) is 10.0. The van der Waals surface area contributed by atoms with Gasteiger partial charge >= 0.3 is 5.97 Å². The van der Waals surface area contributed by atoms with Crippen LogP contribution in [0.2, 0.25) is 0 Å². The Morgan fingerprint density at radius 2 is 2.23 bits per heavy atom. The number of aliphatic hydroxyl groups excluding tert-OH is 1. The van der Waals surface area contributed by atoms with Gasteiger partial charge in [0.25, 0.3) is 0 Å². The Morgan fingerprint density at radius 1 is 1.62 bits per heavy atom. The Kier molecular flexibility index (Phi) is 3.31. The Hall–Kier alpha value is -0.570. The molecular formula is C10H18O3. The summed E-state index contributed by atoms with van der Waals surface area (Å²) in [5, 5.41) is 9.29. The topological polar surface area (TPSA) is 46.5 Å². The molecule has 0 bridgehead atoms. The Morgan fingerprint density at radius 3 is 2.62 bits per heavy atom. The molecule has 0 aromatic rings. The molecular weight excluding hydrogens is 168 g/mol. The molecule has 1 heterocycles. The molecule has 1 aliphatic heterocycles. The van der Waals surface area contributed by atoms with Crippen LogP contribution in [0, 0.1) is 11.8 Å². The molecule has 13 heavy (non-hydrogen) atoms. The SMILES string of the molecule is CC[C@H](C)[C@@H]1C[C@@H]([C@H](C)O)C(=O)O1. The number of aliphatic hydroxyl groups is 1. The van der Waals surface area contributed by atoms with Crippen molar-refractivity contribution in [3.63, 3.8) is 0 Å². The molecule has 0 spiro atoms. The average molecular weight is 186 g/mol. The van der Waals surface area contributed by atoms with E-state index in [1.54, 1.807) is 6.92 Å². The van der Waals surface area contributed by atoms with Crippen molar-refractivity contribution in [2.75, 3.05) is 0 Å². The summed E-state index contributed by atoms with van der Waals surface area (Å²) in [4.78, 5) is 11.3.